The van der Waals surface area contributed by atoms with Gasteiger partial charge in [0.15, 0.2) is 0 Å². The molecule has 0 fully saturated rings. The molecule has 0 heterocycles. The maximum Gasteiger partial charge on any atom is 0.224 e. The summed E-state index contributed by atoms with van der Waals surface area (Å²) in [7, 11) is 0. The van der Waals surface area contributed by atoms with Crippen LogP contribution in [0.1, 0.15) is 16.7 Å². The lowest BCUT2D eigenvalue weighted by atomic mass is 10.0. The van der Waals surface area contributed by atoms with Gasteiger partial charge in [0, 0.05) is 12.4 Å². The molecule has 3 nitrogen and oxygen atoms in total. The smallest absolute Gasteiger partial charge is 0.224 e. The Morgan fingerprint density at radius 2 is 2.06 bits per heavy atom. The molecule has 0 saturated heterocycles. The number of hydrogen-bond donors (Lipinski definition) is 1. The van der Waals surface area contributed by atoms with Gasteiger partial charge in [-0.25, -0.2) is 0 Å². The van der Waals surface area contributed by atoms with E-state index in [1.54, 1.807) is 0 Å². The minimum atomic E-state index is 0.0210. The standard InChI is InChI=1S/C14H20ClNO2/c1-11-3-4-13(9-12(11)2)10-14(17)16-6-8-18-7-5-15/h3-4,9H,5-8,10H2,1-2H3,(H,16,17). The Bertz CT molecular complexity index is 393. The Hall–Kier alpha value is -1.06. The number of carbonyl (C=O) groups excluding carboxylic acids is 1. The fourth-order valence-electron chi connectivity index (χ4n) is 1.58. The first-order valence-corrected chi connectivity index (χ1v) is 6.63. The fraction of sp³-hybridized carbons (Fsp3) is 0.500. The van der Waals surface area contributed by atoms with Crippen LogP contribution in [-0.4, -0.2) is 31.5 Å². The van der Waals surface area contributed by atoms with Crippen molar-refractivity contribution in [2.24, 2.45) is 0 Å². The summed E-state index contributed by atoms with van der Waals surface area (Å²) in [6.45, 7) is 5.67. The molecule has 1 amide bonds. The number of halogens is 1. The predicted octanol–water partition coefficient (Wildman–Crippen LogP) is 2.22. The van der Waals surface area contributed by atoms with E-state index < -0.39 is 0 Å². The number of aryl methyl sites for hydroxylation is 2. The van der Waals surface area contributed by atoms with Crippen LogP contribution in [0.5, 0.6) is 0 Å². The van der Waals surface area contributed by atoms with Crippen LogP contribution in [0.25, 0.3) is 0 Å². The summed E-state index contributed by atoms with van der Waals surface area (Å²) in [5.74, 6) is 0.504. The molecule has 1 aromatic carbocycles. The summed E-state index contributed by atoms with van der Waals surface area (Å²) in [6.07, 6.45) is 0.413. The van der Waals surface area contributed by atoms with E-state index in [1.165, 1.54) is 11.1 Å². The number of hydrogen-bond acceptors (Lipinski definition) is 2. The second-order valence-corrected chi connectivity index (χ2v) is 4.62. The lowest BCUT2D eigenvalue weighted by Gasteiger charge is -2.07. The Kier molecular flexibility index (Phi) is 6.76. The van der Waals surface area contributed by atoms with E-state index in [0.717, 1.165) is 5.56 Å². The van der Waals surface area contributed by atoms with Crippen LogP contribution < -0.4 is 5.32 Å². The molecule has 4 heteroatoms. The average Bonchev–Trinajstić information content (AvgIpc) is 2.34. The summed E-state index contributed by atoms with van der Waals surface area (Å²) in [5, 5.41) is 2.82. The number of rotatable bonds is 7. The first kappa shape index (κ1) is 15.0. The summed E-state index contributed by atoms with van der Waals surface area (Å²) in [6, 6.07) is 6.09. The van der Waals surface area contributed by atoms with Gasteiger partial charge in [-0.15, -0.1) is 11.6 Å². The summed E-state index contributed by atoms with van der Waals surface area (Å²) < 4.78 is 5.17. The molecule has 1 aromatic rings. The van der Waals surface area contributed by atoms with Crippen molar-refractivity contribution >= 4 is 17.5 Å². The number of ether oxygens (including phenoxy) is 1. The van der Waals surface area contributed by atoms with E-state index in [-0.39, 0.29) is 5.91 Å². The Labute approximate surface area is 113 Å². The molecule has 0 aromatic heterocycles. The van der Waals surface area contributed by atoms with Gasteiger partial charge in [0.25, 0.3) is 0 Å². The summed E-state index contributed by atoms with van der Waals surface area (Å²) >= 11 is 5.47. The first-order valence-electron chi connectivity index (χ1n) is 6.10. The lowest BCUT2D eigenvalue weighted by Crippen LogP contribution is -2.28. The highest BCUT2D eigenvalue weighted by Gasteiger charge is 2.03. The van der Waals surface area contributed by atoms with Gasteiger partial charge in [0.05, 0.1) is 19.6 Å². The van der Waals surface area contributed by atoms with Gasteiger partial charge in [-0.1, -0.05) is 18.2 Å². The highest BCUT2D eigenvalue weighted by molar-refractivity contribution is 6.17. The van der Waals surface area contributed by atoms with Crippen LogP contribution in [0.15, 0.2) is 18.2 Å². The zero-order valence-electron chi connectivity index (χ0n) is 11.0. The summed E-state index contributed by atoms with van der Waals surface area (Å²) in [4.78, 5) is 11.6. The maximum absolute atomic E-state index is 11.6. The molecule has 0 unspecified atom stereocenters. The first-order chi connectivity index (χ1) is 8.63. The number of alkyl halides is 1. The Morgan fingerprint density at radius 1 is 1.28 bits per heavy atom. The van der Waals surface area contributed by atoms with E-state index in [9.17, 15) is 4.79 Å². The molecule has 0 aliphatic rings. The van der Waals surface area contributed by atoms with Crippen molar-refractivity contribution in [2.75, 3.05) is 25.6 Å². The van der Waals surface area contributed by atoms with E-state index in [2.05, 4.69) is 25.2 Å². The van der Waals surface area contributed by atoms with Gasteiger partial charge in [0.2, 0.25) is 5.91 Å². The van der Waals surface area contributed by atoms with Crippen molar-refractivity contribution in [3.8, 4) is 0 Å². The van der Waals surface area contributed by atoms with Crippen LogP contribution in [0.4, 0.5) is 0 Å². The Morgan fingerprint density at radius 3 is 2.72 bits per heavy atom. The fourth-order valence-corrected chi connectivity index (χ4v) is 1.69. The molecular weight excluding hydrogens is 250 g/mol. The maximum atomic E-state index is 11.6. The number of benzene rings is 1. The highest BCUT2D eigenvalue weighted by Crippen LogP contribution is 2.10. The zero-order chi connectivity index (χ0) is 13.4. The Balaban J connectivity index is 2.29. The zero-order valence-corrected chi connectivity index (χ0v) is 11.7. The van der Waals surface area contributed by atoms with Crippen molar-refractivity contribution < 1.29 is 9.53 Å². The van der Waals surface area contributed by atoms with E-state index in [1.807, 2.05) is 12.1 Å². The van der Waals surface area contributed by atoms with Gasteiger partial charge in [-0.05, 0) is 30.5 Å². The number of carbonyl (C=O) groups is 1. The lowest BCUT2D eigenvalue weighted by molar-refractivity contribution is -0.120. The second kappa shape index (κ2) is 8.11. The minimum absolute atomic E-state index is 0.0210. The van der Waals surface area contributed by atoms with Gasteiger partial charge in [-0.2, -0.15) is 0 Å². The van der Waals surface area contributed by atoms with Crippen molar-refractivity contribution in [1.29, 1.82) is 0 Å². The molecule has 0 aliphatic heterocycles. The quantitative estimate of drug-likeness (QED) is 0.609. The molecular formula is C14H20ClNO2. The molecule has 18 heavy (non-hydrogen) atoms. The molecule has 0 radical (unpaired) electrons. The third kappa shape index (κ3) is 5.52. The van der Waals surface area contributed by atoms with Crippen molar-refractivity contribution in [3.63, 3.8) is 0 Å². The van der Waals surface area contributed by atoms with Crippen molar-refractivity contribution in [1.82, 2.24) is 5.32 Å². The van der Waals surface area contributed by atoms with Gasteiger partial charge in [0.1, 0.15) is 0 Å². The van der Waals surface area contributed by atoms with Crippen LogP contribution in [0, 0.1) is 13.8 Å². The molecule has 100 valence electrons. The largest absolute Gasteiger partial charge is 0.378 e. The van der Waals surface area contributed by atoms with Gasteiger partial charge in [-0.3, -0.25) is 4.79 Å². The van der Waals surface area contributed by atoms with Crippen molar-refractivity contribution in [3.05, 3.63) is 34.9 Å². The average molecular weight is 270 g/mol. The predicted molar refractivity (Wildman–Crippen MR) is 74.2 cm³/mol. The molecule has 0 aliphatic carbocycles. The van der Waals surface area contributed by atoms with Gasteiger partial charge < -0.3 is 10.1 Å². The van der Waals surface area contributed by atoms with Gasteiger partial charge >= 0.3 is 0 Å². The highest BCUT2D eigenvalue weighted by atomic mass is 35.5. The van der Waals surface area contributed by atoms with Crippen LogP contribution in [0.2, 0.25) is 0 Å². The minimum Gasteiger partial charge on any atom is -0.378 e. The number of amides is 1. The molecule has 0 spiro atoms. The monoisotopic (exact) mass is 269 g/mol. The third-order valence-electron chi connectivity index (χ3n) is 2.73. The van der Waals surface area contributed by atoms with Crippen LogP contribution in [0.3, 0.4) is 0 Å². The molecule has 1 rings (SSSR count). The SMILES string of the molecule is Cc1ccc(CC(=O)NCCOCCCl)cc1C. The molecule has 0 bridgehead atoms. The summed E-state index contributed by atoms with van der Waals surface area (Å²) in [5.41, 5.74) is 3.50. The molecule has 1 N–H and O–H groups in total. The van der Waals surface area contributed by atoms with Crippen LogP contribution >= 0.6 is 11.6 Å². The normalized spacial score (nSPS) is 10.4. The van der Waals surface area contributed by atoms with E-state index in [0.29, 0.717) is 32.1 Å². The van der Waals surface area contributed by atoms with E-state index >= 15 is 0 Å². The third-order valence-corrected chi connectivity index (χ3v) is 2.88. The molecule has 0 atom stereocenters. The van der Waals surface area contributed by atoms with Crippen molar-refractivity contribution in [2.45, 2.75) is 20.3 Å². The second-order valence-electron chi connectivity index (χ2n) is 4.25. The van der Waals surface area contributed by atoms with E-state index in [4.69, 9.17) is 16.3 Å². The molecule has 0 saturated carbocycles. The topological polar surface area (TPSA) is 38.3 Å². The van der Waals surface area contributed by atoms with Crippen LogP contribution in [-0.2, 0) is 16.0 Å². The number of nitrogens with one attached hydrogen (secondary N) is 1.